The van der Waals surface area contributed by atoms with E-state index in [0.29, 0.717) is 6.61 Å². The van der Waals surface area contributed by atoms with Gasteiger partial charge in [-0.1, -0.05) is 30.3 Å². The summed E-state index contributed by atoms with van der Waals surface area (Å²) in [6.07, 6.45) is 1.82. The van der Waals surface area contributed by atoms with Crippen LogP contribution in [-0.4, -0.2) is 36.8 Å². The zero-order valence-electron chi connectivity index (χ0n) is 11.6. The van der Waals surface area contributed by atoms with Crippen molar-refractivity contribution in [2.45, 2.75) is 44.4 Å². The summed E-state index contributed by atoms with van der Waals surface area (Å²) in [5, 5.41) is 10.4. The van der Waals surface area contributed by atoms with Gasteiger partial charge in [0.05, 0.1) is 32.0 Å². The van der Waals surface area contributed by atoms with E-state index in [1.54, 1.807) is 0 Å². The van der Waals surface area contributed by atoms with Gasteiger partial charge >= 0.3 is 0 Å². The highest BCUT2D eigenvalue weighted by Gasteiger charge is 2.41. The first-order valence-electron chi connectivity index (χ1n) is 7.41. The Labute approximate surface area is 119 Å². The van der Waals surface area contributed by atoms with Gasteiger partial charge in [-0.2, -0.15) is 0 Å². The topological polar surface area (TPSA) is 47.9 Å². The van der Waals surface area contributed by atoms with E-state index in [2.05, 4.69) is 0 Å². The Hall–Kier alpha value is -0.940. The van der Waals surface area contributed by atoms with Crippen molar-refractivity contribution >= 4 is 0 Å². The minimum atomic E-state index is -0.498. The lowest BCUT2D eigenvalue weighted by Crippen LogP contribution is -2.39. The molecule has 0 amide bonds. The van der Waals surface area contributed by atoms with E-state index in [9.17, 15) is 5.11 Å². The van der Waals surface area contributed by atoms with Crippen LogP contribution in [0, 0.1) is 5.92 Å². The average molecular weight is 278 g/mol. The van der Waals surface area contributed by atoms with Crippen molar-refractivity contribution < 1.29 is 19.3 Å². The van der Waals surface area contributed by atoms with Crippen molar-refractivity contribution in [3.63, 3.8) is 0 Å². The number of rotatable bonds is 4. The second-order valence-corrected chi connectivity index (χ2v) is 5.53. The summed E-state index contributed by atoms with van der Waals surface area (Å²) >= 11 is 0. The summed E-state index contributed by atoms with van der Waals surface area (Å²) in [5.74, 6) is 0.0380. The number of benzene rings is 1. The Kier molecular flexibility index (Phi) is 4.68. The molecule has 20 heavy (non-hydrogen) atoms. The van der Waals surface area contributed by atoms with E-state index in [-0.39, 0.29) is 18.3 Å². The van der Waals surface area contributed by atoms with Crippen LogP contribution < -0.4 is 0 Å². The summed E-state index contributed by atoms with van der Waals surface area (Å²) < 4.78 is 17.1. The van der Waals surface area contributed by atoms with Crippen LogP contribution in [0.3, 0.4) is 0 Å². The Morgan fingerprint density at radius 3 is 2.60 bits per heavy atom. The molecule has 4 heteroatoms. The summed E-state index contributed by atoms with van der Waals surface area (Å²) in [7, 11) is 0. The minimum Gasteiger partial charge on any atom is -0.390 e. The fourth-order valence-corrected chi connectivity index (χ4v) is 2.98. The second kappa shape index (κ2) is 6.68. The highest BCUT2D eigenvalue weighted by atomic mass is 16.7. The zero-order valence-corrected chi connectivity index (χ0v) is 11.6. The molecule has 3 atom stereocenters. The fourth-order valence-electron chi connectivity index (χ4n) is 2.98. The van der Waals surface area contributed by atoms with Gasteiger partial charge < -0.3 is 19.3 Å². The van der Waals surface area contributed by atoms with E-state index in [0.717, 1.165) is 38.0 Å². The molecule has 1 saturated heterocycles. The number of hydrogen-bond donors (Lipinski definition) is 1. The third kappa shape index (κ3) is 3.20. The lowest BCUT2D eigenvalue weighted by atomic mass is 10.0. The quantitative estimate of drug-likeness (QED) is 0.916. The van der Waals surface area contributed by atoms with Crippen molar-refractivity contribution in [2.24, 2.45) is 5.92 Å². The Bertz CT molecular complexity index is 402. The lowest BCUT2D eigenvalue weighted by molar-refractivity contribution is -0.220. The van der Waals surface area contributed by atoms with Crippen molar-refractivity contribution in [2.75, 3.05) is 13.2 Å². The van der Waals surface area contributed by atoms with E-state index in [4.69, 9.17) is 14.2 Å². The van der Waals surface area contributed by atoms with Crippen LogP contribution >= 0.6 is 0 Å². The van der Waals surface area contributed by atoms with E-state index in [1.165, 1.54) is 0 Å². The summed E-state index contributed by atoms with van der Waals surface area (Å²) in [6.45, 7) is 1.99. The molecule has 2 aliphatic rings. The standard InChI is InChI=1S/C16H22O4/c17-15-13(16-18-9-4-10-19-16)7-8-14(15)20-11-12-5-2-1-3-6-12/h1-3,5-6,13-17H,4,7-11H2/t13-,14+,15-/m0/s1. The molecule has 0 unspecified atom stereocenters. The van der Waals surface area contributed by atoms with Crippen LogP contribution in [0.5, 0.6) is 0 Å². The monoisotopic (exact) mass is 278 g/mol. The molecule has 4 nitrogen and oxygen atoms in total. The molecule has 0 aromatic heterocycles. The molecule has 1 aliphatic heterocycles. The van der Waals surface area contributed by atoms with Gasteiger partial charge in [0, 0.05) is 5.92 Å². The molecule has 1 aliphatic carbocycles. The predicted octanol–water partition coefficient (Wildman–Crippen LogP) is 2.11. The first-order chi connectivity index (χ1) is 9.84. The van der Waals surface area contributed by atoms with Crippen LogP contribution in [0.4, 0.5) is 0 Å². The van der Waals surface area contributed by atoms with Gasteiger partial charge in [-0.25, -0.2) is 0 Å². The predicted molar refractivity (Wildman–Crippen MR) is 74.1 cm³/mol. The SMILES string of the molecule is O[C@H]1[C@@H](C2OCCCO2)CC[C@H]1OCc1ccccc1. The van der Waals surface area contributed by atoms with Crippen molar-refractivity contribution in [1.29, 1.82) is 0 Å². The lowest BCUT2D eigenvalue weighted by Gasteiger charge is -2.30. The van der Waals surface area contributed by atoms with Crippen molar-refractivity contribution in [3.8, 4) is 0 Å². The molecule has 1 heterocycles. The molecule has 1 N–H and O–H groups in total. The Morgan fingerprint density at radius 1 is 1.10 bits per heavy atom. The molecule has 0 spiro atoms. The maximum absolute atomic E-state index is 10.4. The van der Waals surface area contributed by atoms with Gasteiger partial charge in [0.15, 0.2) is 6.29 Å². The number of aliphatic hydroxyl groups is 1. The molecule has 1 aromatic carbocycles. The van der Waals surface area contributed by atoms with Crippen LogP contribution in [-0.2, 0) is 20.8 Å². The van der Waals surface area contributed by atoms with E-state index in [1.807, 2.05) is 30.3 Å². The molecule has 1 saturated carbocycles. The van der Waals surface area contributed by atoms with E-state index >= 15 is 0 Å². The van der Waals surface area contributed by atoms with Gasteiger partial charge in [-0.15, -0.1) is 0 Å². The molecule has 1 aromatic rings. The van der Waals surface area contributed by atoms with Gasteiger partial charge in [-0.3, -0.25) is 0 Å². The highest BCUT2D eigenvalue weighted by Crippen LogP contribution is 2.34. The average Bonchev–Trinajstić information content (AvgIpc) is 2.88. The van der Waals surface area contributed by atoms with Crippen LogP contribution in [0.15, 0.2) is 30.3 Å². The summed E-state index contributed by atoms with van der Waals surface area (Å²) in [4.78, 5) is 0. The summed E-state index contributed by atoms with van der Waals surface area (Å²) in [6, 6.07) is 10.0. The van der Waals surface area contributed by atoms with Crippen LogP contribution in [0.25, 0.3) is 0 Å². The van der Waals surface area contributed by atoms with Crippen molar-refractivity contribution in [3.05, 3.63) is 35.9 Å². The second-order valence-electron chi connectivity index (χ2n) is 5.53. The molecular formula is C16H22O4. The molecule has 2 fully saturated rings. The Balaban J connectivity index is 1.51. The maximum atomic E-state index is 10.4. The normalized spacial score (nSPS) is 31.6. The molecule has 110 valence electrons. The molecular weight excluding hydrogens is 256 g/mol. The van der Waals surface area contributed by atoms with Gasteiger partial charge in [0.25, 0.3) is 0 Å². The van der Waals surface area contributed by atoms with Crippen molar-refractivity contribution in [1.82, 2.24) is 0 Å². The first kappa shape index (κ1) is 14.0. The maximum Gasteiger partial charge on any atom is 0.162 e. The third-order valence-corrected chi connectivity index (χ3v) is 4.11. The molecule has 0 radical (unpaired) electrons. The van der Waals surface area contributed by atoms with Gasteiger partial charge in [0.2, 0.25) is 0 Å². The molecule has 0 bridgehead atoms. The Morgan fingerprint density at radius 2 is 1.85 bits per heavy atom. The first-order valence-corrected chi connectivity index (χ1v) is 7.41. The van der Waals surface area contributed by atoms with Gasteiger partial charge in [-0.05, 0) is 24.8 Å². The number of aliphatic hydroxyl groups excluding tert-OH is 1. The van der Waals surface area contributed by atoms with Crippen LogP contribution in [0.1, 0.15) is 24.8 Å². The van der Waals surface area contributed by atoms with Crippen LogP contribution in [0.2, 0.25) is 0 Å². The fraction of sp³-hybridized carbons (Fsp3) is 0.625. The summed E-state index contributed by atoms with van der Waals surface area (Å²) in [5.41, 5.74) is 1.13. The number of hydrogen-bond acceptors (Lipinski definition) is 4. The molecule has 3 rings (SSSR count). The van der Waals surface area contributed by atoms with Gasteiger partial charge in [0.1, 0.15) is 0 Å². The largest absolute Gasteiger partial charge is 0.390 e. The zero-order chi connectivity index (χ0) is 13.8. The minimum absolute atomic E-state index is 0.0380. The third-order valence-electron chi connectivity index (χ3n) is 4.11. The smallest absolute Gasteiger partial charge is 0.162 e. The highest BCUT2D eigenvalue weighted by molar-refractivity contribution is 5.13. The van der Waals surface area contributed by atoms with E-state index < -0.39 is 6.10 Å². The number of ether oxygens (including phenoxy) is 3.